The molecule has 2 N–H and O–H groups in total. The van der Waals surface area contributed by atoms with Gasteiger partial charge in [-0.3, -0.25) is 4.90 Å². The van der Waals surface area contributed by atoms with E-state index in [0.29, 0.717) is 18.0 Å². The fourth-order valence-electron chi connectivity index (χ4n) is 5.15. The molecule has 0 bridgehead atoms. The molecule has 2 aliphatic rings. The molecule has 3 aromatic rings. The zero-order valence-electron chi connectivity index (χ0n) is 19.7. The van der Waals surface area contributed by atoms with Crippen molar-refractivity contribution in [3.63, 3.8) is 0 Å². The maximum atomic E-state index is 6.51. The summed E-state index contributed by atoms with van der Waals surface area (Å²) >= 11 is 1.74. The van der Waals surface area contributed by atoms with Crippen molar-refractivity contribution >= 4 is 38.7 Å². The standard InChI is InChI=1S/C25H33N5O2S/c1-17-13-28(14-18(2)32-17)10-4-11-29-16-30(15-19-5-7-20(31-3)8-6-19)22-23(29)25(26)27-21-9-12-33-24(21)22/h5-9,12,17-18H,4,10-11,13-16H2,1-3H3,(H2,26,27). The molecule has 1 aromatic carbocycles. The molecule has 2 aliphatic heterocycles. The van der Waals surface area contributed by atoms with E-state index >= 15 is 0 Å². The number of benzene rings is 1. The van der Waals surface area contributed by atoms with Crippen molar-refractivity contribution in [1.82, 2.24) is 9.88 Å². The predicted octanol–water partition coefficient (Wildman–Crippen LogP) is 4.17. The van der Waals surface area contributed by atoms with Crippen molar-refractivity contribution < 1.29 is 9.47 Å². The van der Waals surface area contributed by atoms with Gasteiger partial charge < -0.3 is 25.0 Å². The van der Waals surface area contributed by atoms with Gasteiger partial charge in [-0.05, 0) is 49.4 Å². The number of hydrogen-bond donors (Lipinski definition) is 1. The van der Waals surface area contributed by atoms with E-state index in [1.165, 1.54) is 16.0 Å². The monoisotopic (exact) mass is 467 g/mol. The molecule has 5 rings (SSSR count). The average Bonchev–Trinajstić information content (AvgIpc) is 3.38. The molecular weight excluding hydrogens is 434 g/mol. The van der Waals surface area contributed by atoms with E-state index in [1.54, 1.807) is 18.4 Å². The molecule has 1 fully saturated rings. The van der Waals surface area contributed by atoms with E-state index in [0.717, 1.165) is 62.8 Å². The third-order valence-electron chi connectivity index (χ3n) is 6.47. The van der Waals surface area contributed by atoms with Crippen LogP contribution in [0.3, 0.4) is 0 Å². The first kappa shape index (κ1) is 22.3. The molecule has 7 nitrogen and oxygen atoms in total. The molecule has 0 aliphatic carbocycles. The van der Waals surface area contributed by atoms with Crippen LogP contribution in [0.5, 0.6) is 5.75 Å². The molecule has 176 valence electrons. The summed E-state index contributed by atoms with van der Waals surface area (Å²) in [5.41, 5.74) is 11.0. The molecule has 2 aromatic heterocycles. The molecule has 4 heterocycles. The lowest BCUT2D eigenvalue weighted by atomic mass is 10.2. The second-order valence-electron chi connectivity index (χ2n) is 9.15. The van der Waals surface area contributed by atoms with Crippen LogP contribution in [0.25, 0.3) is 10.2 Å². The highest BCUT2D eigenvalue weighted by atomic mass is 32.1. The number of hydrogen-bond acceptors (Lipinski definition) is 8. The molecule has 2 atom stereocenters. The molecule has 0 saturated carbocycles. The van der Waals surface area contributed by atoms with E-state index in [2.05, 4.69) is 52.1 Å². The molecule has 1 saturated heterocycles. The summed E-state index contributed by atoms with van der Waals surface area (Å²) in [7, 11) is 1.70. The number of methoxy groups -OCH3 is 1. The van der Waals surface area contributed by atoms with Crippen molar-refractivity contribution in [3.8, 4) is 5.75 Å². The Bertz CT molecular complexity index is 1090. The number of thiophene rings is 1. The highest BCUT2D eigenvalue weighted by molar-refractivity contribution is 7.17. The van der Waals surface area contributed by atoms with Gasteiger partial charge >= 0.3 is 0 Å². The Morgan fingerprint density at radius 3 is 2.55 bits per heavy atom. The van der Waals surface area contributed by atoms with Crippen molar-refractivity contribution in [1.29, 1.82) is 0 Å². The Hall–Kier alpha value is -2.55. The SMILES string of the molecule is COc1ccc(CN2CN(CCCN3CC(C)OC(C)C3)c3c(N)nc4ccsc4c32)cc1. The zero-order valence-corrected chi connectivity index (χ0v) is 20.5. The average molecular weight is 468 g/mol. The van der Waals surface area contributed by atoms with E-state index in [-0.39, 0.29) is 0 Å². The first-order valence-corrected chi connectivity index (χ1v) is 12.6. The maximum Gasteiger partial charge on any atom is 0.150 e. The van der Waals surface area contributed by atoms with E-state index < -0.39 is 0 Å². The van der Waals surface area contributed by atoms with Gasteiger partial charge in [-0.15, -0.1) is 11.3 Å². The lowest BCUT2D eigenvalue weighted by Gasteiger charge is -2.35. The number of nitrogens with two attached hydrogens (primary N) is 1. The molecule has 8 heteroatoms. The number of morpholine rings is 1. The van der Waals surface area contributed by atoms with Crippen LogP contribution in [-0.4, -0.2) is 62.0 Å². The Morgan fingerprint density at radius 2 is 1.82 bits per heavy atom. The summed E-state index contributed by atoms with van der Waals surface area (Å²) < 4.78 is 12.4. The quantitative estimate of drug-likeness (QED) is 0.559. The second kappa shape index (κ2) is 9.37. The third kappa shape index (κ3) is 4.60. The second-order valence-corrected chi connectivity index (χ2v) is 10.1. The van der Waals surface area contributed by atoms with E-state index in [9.17, 15) is 0 Å². The van der Waals surface area contributed by atoms with Gasteiger partial charge in [-0.1, -0.05) is 12.1 Å². The minimum atomic E-state index is 0.299. The van der Waals surface area contributed by atoms with Crippen molar-refractivity contribution in [2.24, 2.45) is 0 Å². The summed E-state index contributed by atoms with van der Waals surface area (Å²) in [6.45, 7) is 9.99. The maximum absolute atomic E-state index is 6.51. The van der Waals surface area contributed by atoms with Crippen LogP contribution in [0, 0.1) is 0 Å². The van der Waals surface area contributed by atoms with E-state index in [1.807, 2.05) is 12.1 Å². The molecule has 2 unspecified atom stereocenters. The number of aromatic nitrogens is 1. The van der Waals surface area contributed by atoms with Gasteiger partial charge in [0.05, 0.1) is 41.9 Å². The Kier molecular flexibility index (Phi) is 6.32. The lowest BCUT2D eigenvalue weighted by Crippen LogP contribution is -2.46. The number of ether oxygens (including phenoxy) is 2. The number of fused-ring (bicyclic) bond motifs is 3. The molecule has 0 amide bonds. The smallest absolute Gasteiger partial charge is 0.150 e. The topological polar surface area (TPSA) is 67.1 Å². The van der Waals surface area contributed by atoms with Gasteiger partial charge in [0.15, 0.2) is 0 Å². The summed E-state index contributed by atoms with van der Waals surface area (Å²) in [5.74, 6) is 1.50. The van der Waals surface area contributed by atoms with Crippen LogP contribution in [-0.2, 0) is 11.3 Å². The Morgan fingerprint density at radius 1 is 1.06 bits per heavy atom. The van der Waals surface area contributed by atoms with Gasteiger partial charge in [-0.2, -0.15) is 0 Å². The van der Waals surface area contributed by atoms with Gasteiger partial charge in [0, 0.05) is 32.7 Å². The third-order valence-corrected chi connectivity index (χ3v) is 7.38. The van der Waals surface area contributed by atoms with Crippen LogP contribution < -0.4 is 20.3 Å². The number of nitrogens with zero attached hydrogens (tertiary/aromatic N) is 4. The predicted molar refractivity (Wildman–Crippen MR) is 136 cm³/mol. The van der Waals surface area contributed by atoms with Crippen molar-refractivity contribution in [2.45, 2.75) is 39.0 Å². The first-order valence-electron chi connectivity index (χ1n) is 11.7. The first-order chi connectivity index (χ1) is 16.0. The minimum absolute atomic E-state index is 0.299. The normalized spacial score (nSPS) is 21.1. The molecule has 0 spiro atoms. The van der Waals surface area contributed by atoms with Crippen LogP contribution in [0.1, 0.15) is 25.8 Å². The zero-order chi connectivity index (χ0) is 22.9. The Labute approximate surface area is 199 Å². The Balaban J connectivity index is 1.35. The largest absolute Gasteiger partial charge is 0.497 e. The van der Waals surface area contributed by atoms with Crippen LogP contribution in [0.2, 0.25) is 0 Å². The number of pyridine rings is 1. The van der Waals surface area contributed by atoms with Crippen LogP contribution in [0.15, 0.2) is 35.7 Å². The number of rotatable bonds is 7. The summed E-state index contributed by atoms with van der Waals surface area (Å²) in [6, 6.07) is 10.4. The van der Waals surface area contributed by atoms with Crippen molar-refractivity contribution in [3.05, 3.63) is 41.3 Å². The summed E-state index contributed by atoms with van der Waals surface area (Å²) in [4.78, 5) is 12.1. The van der Waals surface area contributed by atoms with Gasteiger partial charge in [0.1, 0.15) is 17.3 Å². The lowest BCUT2D eigenvalue weighted by molar-refractivity contribution is -0.0679. The van der Waals surface area contributed by atoms with Gasteiger partial charge in [0.25, 0.3) is 0 Å². The van der Waals surface area contributed by atoms with E-state index in [4.69, 9.17) is 20.2 Å². The number of nitrogen functional groups attached to an aromatic ring is 1. The van der Waals surface area contributed by atoms with Crippen LogP contribution in [0.4, 0.5) is 17.2 Å². The summed E-state index contributed by atoms with van der Waals surface area (Å²) in [6.07, 6.45) is 1.68. The molecule has 33 heavy (non-hydrogen) atoms. The van der Waals surface area contributed by atoms with Gasteiger partial charge in [-0.25, -0.2) is 4.98 Å². The highest BCUT2D eigenvalue weighted by Gasteiger charge is 2.32. The van der Waals surface area contributed by atoms with Crippen LogP contribution >= 0.6 is 11.3 Å². The fraction of sp³-hybridized carbons (Fsp3) is 0.480. The summed E-state index contributed by atoms with van der Waals surface area (Å²) in [5, 5.41) is 2.10. The number of anilines is 3. The molecular formula is C25H33N5O2S. The fourth-order valence-corrected chi connectivity index (χ4v) is 6.05. The minimum Gasteiger partial charge on any atom is -0.497 e. The van der Waals surface area contributed by atoms with Gasteiger partial charge in [0.2, 0.25) is 0 Å². The highest BCUT2D eigenvalue weighted by Crippen LogP contribution is 2.47. The molecule has 0 radical (unpaired) electrons. The van der Waals surface area contributed by atoms with Crippen molar-refractivity contribution in [2.75, 3.05) is 55.5 Å².